The van der Waals surface area contributed by atoms with E-state index >= 15 is 0 Å². The number of anilines is 1. The Bertz CT molecular complexity index is 970. The molecule has 1 aromatic carbocycles. The Morgan fingerprint density at radius 3 is 2.00 bits per heavy atom. The largest absolute Gasteiger partial charge is 0.436 e. The van der Waals surface area contributed by atoms with Crippen molar-refractivity contribution < 1.29 is 39.9 Å². The summed E-state index contributed by atoms with van der Waals surface area (Å²) >= 11 is 2.82. The predicted molar refractivity (Wildman–Crippen MR) is 86.5 cm³/mol. The third kappa shape index (κ3) is 3.71. The number of amides is 1. The molecule has 3 rings (SSSR count). The smallest absolute Gasteiger partial charge is 0.319 e. The maximum absolute atomic E-state index is 13.8. The van der Waals surface area contributed by atoms with Crippen LogP contribution in [-0.4, -0.2) is 15.7 Å². The molecule has 29 heavy (non-hydrogen) atoms. The van der Waals surface area contributed by atoms with Gasteiger partial charge in [0, 0.05) is 5.92 Å². The van der Waals surface area contributed by atoms with Crippen molar-refractivity contribution in [3.63, 3.8) is 0 Å². The van der Waals surface area contributed by atoms with Gasteiger partial charge in [-0.05, 0) is 35.7 Å². The molecule has 0 spiro atoms. The molecule has 4 nitrogen and oxygen atoms in total. The Kier molecular flexibility index (Phi) is 5.39. The van der Waals surface area contributed by atoms with E-state index in [0.29, 0.717) is 12.8 Å². The number of carbonyl (C=O) groups is 1. The summed E-state index contributed by atoms with van der Waals surface area (Å²) in [5.41, 5.74) is -2.85. The van der Waals surface area contributed by atoms with Crippen molar-refractivity contribution in [3.05, 3.63) is 44.9 Å². The van der Waals surface area contributed by atoms with Crippen molar-refractivity contribution in [2.24, 2.45) is 0 Å². The molecule has 0 saturated heterocycles. The second-order valence-corrected chi connectivity index (χ2v) is 7.17. The van der Waals surface area contributed by atoms with E-state index < -0.39 is 58.6 Å². The SMILES string of the molecule is CC(C(=O)Nc1c(F)c(F)c(F)c(F)c1F)n1nc(C(F)(F)F)c(Br)c1C1CC1. The molecule has 13 heteroatoms. The highest BCUT2D eigenvalue weighted by Crippen LogP contribution is 2.47. The summed E-state index contributed by atoms with van der Waals surface area (Å²) in [4.78, 5) is 12.3. The second-order valence-electron chi connectivity index (χ2n) is 6.37. The number of hydrogen-bond donors (Lipinski definition) is 1. The molecular weight excluding hydrogens is 482 g/mol. The fourth-order valence-corrected chi connectivity index (χ4v) is 3.49. The lowest BCUT2D eigenvalue weighted by atomic mass is 10.2. The minimum Gasteiger partial charge on any atom is -0.319 e. The van der Waals surface area contributed by atoms with Crippen LogP contribution in [0, 0.1) is 29.1 Å². The van der Waals surface area contributed by atoms with Crippen molar-refractivity contribution in [1.82, 2.24) is 9.78 Å². The molecule has 0 aliphatic heterocycles. The van der Waals surface area contributed by atoms with Gasteiger partial charge >= 0.3 is 6.18 Å². The number of benzene rings is 1. The fourth-order valence-electron chi connectivity index (χ4n) is 2.68. The number of halogens is 9. The lowest BCUT2D eigenvalue weighted by Crippen LogP contribution is -2.27. The molecule has 1 aliphatic carbocycles. The molecule has 1 heterocycles. The Labute approximate surface area is 166 Å². The van der Waals surface area contributed by atoms with E-state index in [1.807, 2.05) is 0 Å². The van der Waals surface area contributed by atoms with E-state index in [4.69, 9.17) is 0 Å². The standard InChI is InChI=1S/C16H10BrF8N3O/c1-4(15(29)26-12-10(21)8(19)7(18)9(20)11(12)22)28-13(5-2-3-5)6(17)14(27-28)16(23,24)25/h4-5H,2-3H2,1H3,(H,26,29). The van der Waals surface area contributed by atoms with Crippen LogP contribution in [0.15, 0.2) is 4.47 Å². The monoisotopic (exact) mass is 491 g/mol. The van der Waals surface area contributed by atoms with Crippen LogP contribution in [0.1, 0.15) is 43.1 Å². The molecule has 1 saturated carbocycles. The molecule has 0 radical (unpaired) electrons. The molecule has 2 aromatic rings. The van der Waals surface area contributed by atoms with Gasteiger partial charge in [0.25, 0.3) is 0 Å². The highest BCUT2D eigenvalue weighted by atomic mass is 79.9. The van der Waals surface area contributed by atoms with Crippen LogP contribution in [0.5, 0.6) is 0 Å². The quantitative estimate of drug-likeness (QED) is 0.352. The summed E-state index contributed by atoms with van der Waals surface area (Å²) < 4.78 is 107. The van der Waals surface area contributed by atoms with Crippen molar-refractivity contribution in [3.8, 4) is 0 Å². The number of hydrogen-bond acceptors (Lipinski definition) is 2. The minimum atomic E-state index is -4.84. The Morgan fingerprint density at radius 1 is 1.07 bits per heavy atom. The minimum absolute atomic E-state index is 0.0531. The topological polar surface area (TPSA) is 46.9 Å². The van der Waals surface area contributed by atoms with Gasteiger partial charge in [-0.2, -0.15) is 18.3 Å². The Morgan fingerprint density at radius 2 is 1.55 bits per heavy atom. The Hall–Kier alpha value is -2.18. The first-order valence-corrected chi connectivity index (χ1v) is 8.82. The first-order valence-electron chi connectivity index (χ1n) is 8.03. The van der Waals surface area contributed by atoms with E-state index in [-0.39, 0.29) is 16.1 Å². The number of rotatable bonds is 4. The van der Waals surface area contributed by atoms with Crippen LogP contribution in [-0.2, 0) is 11.0 Å². The lowest BCUT2D eigenvalue weighted by molar-refractivity contribution is -0.142. The summed E-state index contributed by atoms with van der Waals surface area (Å²) in [6.45, 7) is 1.08. The number of nitrogens with one attached hydrogen (secondary N) is 1. The van der Waals surface area contributed by atoms with Gasteiger partial charge in [0.05, 0.1) is 10.2 Å². The van der Waals surface area contributed by atoms with Gasteiger partial charge in [-0.3, -0.25) is 9.48 Å². The molecule has 1 aliphatic rings. The van der Waals surface area contributed by atoms with Crippen molar-refractivity contribution >= 4 is 27.5 Å². The van der Waals surface area contributed by atoms with Crippen LogP contribution in [0.2, 0.25) is 0 Å². The number of carbonyl (C=O) groups excluding carboxylic acids is 1. The highest BCUT2D eigenvalue weighted by molar-refractivity contribution is 9.10. The fraction of sp³-hybridized carbons (Fsp3) is 0.375. The van der Waals surface area contributed by atoms with Gasteiger partial charge in [-0.1, -0.05) is 0 Å². The molecule has 158 valence electrons. The maximum atomic E-state index is 13.8. The van der Waals surface area contributed by atoms with E-state index in [2.05, 4.69) is 21.0 Å². The van der Waals surface area contributed by atoms with E-state index in [1.165, 1.54) is 0 Å². The van der Waals surface area contributed by atoms with Gasteiger partial charge in [-0.15, -0.1) is 0 Å². The molecule has 1 N–H and O–H groups in total. The van der Waals surface area contributed by atoms with Gasteiger partial charge in [0.2, 0.25) is 11.7 Å². The zero-order valence-electron chi connectivity index (χ0n) is 14.3. The van der Waals surface area contributed by atoms with Gasteiger partial charge in [0.15, 0.2) is 29.0 Å². The third-order valence-corrected chi connectivity index (χ3v) is 5.11. The average molecular weight is 492 g/mol. The summed E-state index contributed by atoms with van der Waals surface area (Å²) in [7, 11) is 0. The summed E-state index contributed by atoms with van der Waals surface area (Å²) in [5, 5.41) is 4.93. The average Bonchev–Trinajstić information content (AvgIpc) is 3.42. The van der Waals surface area contributed by atoms with Crippen LogP contribution in [0.25, 0.3) is 0 Å². The lowest BCUT2D eigenvalue weighted by Gasteiger charge is -2.17. The van der Waals surface area contributed by atoms with Crippen molar-refractivity contribution in [1.29, 1.82) is 0 Å². The van der Waals surface area contributed by atoms with Gasteiger partial charge in [0.1, 0.15) is 11.7 Å². The molecular formula is C16H10BrF8N3O. The molecule has 1 amide bonds. The zero-order chi connectivity index (χ0) is 21.8. The molecule has 1 fully saturated rings. The Balaban J connectivity index is 1.99. The van der Waals surface area contributed by atoms with Gasteiger partial charge in [-0.25, -0.2) is 22.0 Å². The second kappa shape index (κ2) is 7.26. The predicted octanol–water partition coefficient (Wildman–Crippen LogP) is 5.44. The van der Waals surface area contributed by atoms with E-state index in [9.17, 15) is 39.9 Å². The molecule has 1 aromatic heterocycles. The normalized spacial score (nSPS) is 15.5. The zero-order valence-corrected chi connectivity index (χ0v) is 15.9. The number of nitrogens with zero attached hydrogens (tertiary/aromatic N) is 2. The van der Waals surface area contributed by atoms with Gasteiger partial charge < -0.3 is 5.32 Å². The van der Waals surface area contributed by atoms with Crippen LogP contribution in [0.4, 0.5) is 40.8 Å². The van der Waals surface area contributed by atoms with Crippen LogP contribution < -0.4 is 5.32 Å². The number of aromatic nitrogens is 2. The van der Waals surface area contributed by atoms with Crippen molar-refractivity contribution in [2.75, 3.05) is 5.32 Å². The van der Waals surface area contributed by atoms with Crippen LogP contribution >= 0.6 is 15.9 Å². The highest BCUT2D eigenvalue weighted by Gasteiger charge is 2.43. The number of alkyl halides is 3. The first-order chi connectivity index (χ1) is 13.4. The molecule has 0 bridgehead atoms. The summed E-state index contributed by atoms with van der Waals surface area (Å²) in [6, 6.07) is -1.55. The van der Waals surface area contributed by atoms with Crippen LogP contribution in [0.3, 0.4) is 0 Å². The summed E-state index contributed by atoms with van der Waals surface area (Å²) in [5.74, 6) is -13.1. The molecule has 1 atom stereocenters. The summed E-state index contributed by atoms with van der Waals surface area (Å²) in [6.07, 6.45) is -3.77. The third-order valence-electron chi connectivity index (χ3n) is 4.32. The van der Waals surface area contributed by atoms with Crippen molar-refractivity contribution in [2.45, 2.75) is 37.9 Å². The first kappa shape index (κ1) is 21.5. The maximum Gasteiger partial charge on any atom is 0.436 e. The van der Waals surface area contributed by atoms with E-state index in [0.717, 1.165) is 11.6 Å². The molecule has 1 unspecified atom stereocenters. The van der Waals surface area contributed by atoms with E-state index in [1.54, 1.807) is 5.32 Å².